The van der Waals surface area contributed by atoms with E-state index in [0.717, 1.165) is 36.7 Å². The minimum atomic E-state index is -0.0493. The molecule has 1 saturated heterocycles. The summed E-state index contributed by atoms with van der Waals surface area (Å²) in [5.74, 6) is 1.68. The summed E-state index contributed by atoms with van der Waals surface area (Å²) in [5.41, 5.74) is 0. The fourth-order valence-electron chi connectivity index (χ4n) is 2.65. The van der Waals surface area contributed by atoms with E-state index in [1.165, 1.54) is 0 Å². The molecule has 4 nitrogen and oxygen atoms in total. The molecule has 2 rings (SSSR count). The average molecular weight is 345 g/mol. The van der Waals surface area contributed by atoms with Crippen LogP contribution in [0, 0.1) is 5.92 Å². The number of amides is 1. The number of rotatable bonds is 6. The molecule has 1 aliphatic heterocycles. The predicted octanol–water partition coefficient (Wildman–Crippen LogP) is 2.67. The van der Waals surface area contributed by atoms with Gasteiger partial charge in [-0.1, -0.05) is 0 Å². The van der Waals surface area contributed by atoms with Crippen molar-refractivity contribution in [3.05, 3.63) is 24.3 Å². The van der Waals surface area contributed by atoms with Gasteiger partial charge in [0.05, 0.1) is 12.4 Å². The molecule has 0 saturated carbocycles. The van der Waals surface area contributed by atoms with Crippen molar-refractivity contribution in [3.63, 3.8) is 0 Å². The zero-order valence-electron chi connectivity index (χ0n) is 13.4. The lowest BCUT2D eigenvalue weighted by Gasteiger charge is -2.21. The first kappa shape index (κ1) is 19.1. The van der Waals surface area contributed by atoms with E-state index >= 15 is 0 Å². The minimum Gasteiger partial charge on any atom is -0.497 e. The number of halogens is 1. The van der Waals surface area contributed by atoms with Crippen LogP contribution in [0.2, 0.25) is 0 Å². The van der Waals surface area contributed by atoms with Crippen LogP contribution in [-0.4, -0.2) is 49.8 Å². The highest BCUT2D eigenvalue weighted by atomic mass is 35.5. The molecule has 1 aliphatic rings. The first-order chi connectivity index (χ1) is 10.1. The topological polar surface area (TPSA) is 41.6 Å². The van der Waals surface area contributed by atoms with E-state index in [4.69, 9.17) is 4.74 Å². The maximum atomic E-state index is 12.5. The SMILES string of the molecule is CNCC1CCN(C(=O)C(C)Sc2ccc(OC)cc2)C1.Cl. The van der Waals surface area contributed by atoms with E-state index < -0.39 is 0 Å². The maximum absolute atomic E-state index is 12.5. The second kappa shape index (κ2) is 9.28. The predicted molar refractivity (Wildman–Crippen MR) is 94.2 cm³/mol. The fraction of sp³-hybridized carbons (Fsp3) is 0.562. The van der Waals surface area contributed by atoms with Crippen molar-refractivity contribution in [2.45, 2.75) is 23.5 Å². The molecule has 124 valence electrons. The van der Waals surface area contributed by atoms with Crippen molar-refractivity contribution in [1.29, 1.82) is 0 Å². The lowest BCUT2D eigenvalue weighted by Crippen LogP contribution is -2.35. The number of likely N-dealkylation sites (tertiary alicyclic amines) is 1. The van der Waals surface area contributed by atoms with Gasteiger partial charge in [-0.25, -0.2) is 0 Å². The first-order valence-corrected chi connectivity index (χ1v) is 8.26. The molecule has 6 heteroatoms. The van der Waals surface area contributed by atoms with E-state index in [1.807, 2.05) is 43.1 Å². The molecule has 0 spiro atoms. The second-order valence-electron chi connectivity index (χ2n) is 5.43. The summed E-state index contributed by atoms with van der Waals surface area (Å²) in [6, 6.07) is 7.86. The van der Waals surface area contributed by atoms with Gasteiger partial charge in [-0.15, -0.1) is 24.2 Å². The van der Waals surface area contributed by atoms with Crippen molar-refractivity contribution < 1.29 is 9.53 Å². The summed E-state index contributed by atoms with van der Waals surface area (Å²) in [5, 5.41) is 3.14. The largest absolute Gasteiger partial charge is 0.497 e. The van der Waals surface area contributed by atoms with E-state index in [9.17, 15) is 4.79 Å². The third-order valence-corrected chi connectivity index (χ3v) is 4.91. The van der Waals surface area contributed by atoms with Crippen molar-refractivity contribution >= 4 is 30.1 Å². The van der Waals surface area contributed by atoms with Gasteiger partial charge in [0.25, 0.3) is 0 Å². The molecule has 1 aromatic rings. The monoisotopic (exact) mass is 344 g/mol. The Morgan fingerprint density at radius 2 is 2.14 bits per heavy atom. The van der Waals surface area contributed by atoms with Gasteiger partial charge in [-0.2, -0.15) is 0 Å². The Kier molecular flexibility index (Phi) is 8.07. The Balaban J connectivity index is 0.00000242. The van der Waals surface area contributed by atoms with E-state index in [1.54, 1.807) is 18.9 Å². The molecular formula is C16H25ClN2O2S. The zero-order valence-corrected chi connectivity index (χ0v) is 15.0. The van der Waals surface area contributed by atoms with E-state index in [2.05, 4.69) is 5.32 Å². The van der Waals surface area contributed by atoms with Crippen LogP contribution in [0.5, 0.6) is 5.75 Å². The number of ether oxygens (including phenoxy) is 1. The average Bonchev–Trinajstić information content (AvgIpc) is 2.96. The van der Waals surface area contributed by atoms with Gasteiger partial charge in [0.2, 0.25) is 5.91 Å². The molecule has 1 N–H and O–H groups in total. The number of hydrogen-bond acceptors (Lipinski definition) is 4. The summed E-state index contributed by atoms with van der Waals surface area (Å²) in [7, 11) is 3.62. The molecule has 0 radical (unpaired) electrons. The Morgan fingerprint density at radius 1 is 1.45 bits per heavy atom. The van der Waals surface area contributed by atoms with Crippen LogP contribution in [0.15, 0.2) is 29.2 Å². The fourth-order valence-corrected chi connectivity index (χ4v) is 3.61. The van der Waals surface area contributed by atoms with Gasteiger partial charge < -0.3 is 15.0 Å². The van der Waals surface area contributed by atoms with Crippen LogP contribution in [0.4, 0.5) is 0 Å². The number of hydrogen-bond donors (Lipinski definition) is 1. The Morgan fingerprint density at radius 3 is 2.73 bits per heavy atom. The second-order valence-corrected chi connectivity index (χ2v) is 6.85. The Labute approximate surface area is 143 Å². The van der Waals surface area contributed by atoms with Gasteiger partial charge in [0.15, 0.2) is 0 Å². The summed E-state index contributed by atoms with van der Waals surface area (Å²) in [6.07, 6.45) is 1.10. The number of carbonyl (C=O) groups is 1. The van der Waals surface area contributed by atoms with Gasteiger partial charge in [-0.3, -0.25) is 4.79 Å². The highest BCUT2D eigenvalue weighted by molar-refractivity contribution is 8.00. The zero-order chi connectivity index (χ0) is 15.2. The van der Waals surface area contributed by atoms with E-state index in [0.29, 0.717) is 5.92 Å². The molecule has 0 aliphatic carbocycles. The van der Waals surface area contributed by atoms with Gasteiger partial charge >= 0.3 is 0 Å². The highest BCUT2D eigenvalue weighted by Gasteiger charge is 2.28. The van der Waals surface area contributed by atoms with Crippen molar-refractivity contribution in [2.75, 3.05) is 33.8 Å². The van der Waals surface area contributed by atoms with Crippen LogP contribution < -0.4 is 10.1 Å². The minimum absolute atomic E-state index is 0. The molecular weight excluding hydrogens is 320 g/mol. The lowest BCUT2D eigenvalue weighted by atomic mass is 10.1. The summed E-state index contributed by atoms with van der Waals surface area (Å²) >= 11 is 1.61. The van der Waals surface area contributed by atoms with Crippen LogP contribution in [-0.2, 0) is 4.79 Å². The number of benzene rings is 1. The smallest absolute Gasteiger partial charge is 0.235 e. The first-order valence-electron chi connectivity index (χ1n) is 7.38. The van der Waals surface area contributed by atoms with Crippen LogP contribution in [0.1, 0.15) is 13.3 Å². The number of nitrogens with zero attached hydrogens (tertiary/aromatic N) is 1. The normalized spacial score (nSPS) is 18.7. The molecule has 1 aromatic carbocycles. The molecule has 0 bridgehead atoms. The number of thioether (sulfide) groups is 1. The van der Waals surface area contributed by atoms with Gasteiger partial charge in [0.1, 0.15) is 5.75 Å². The maximum Gasteiger partial charge on any atom is 0.235 e. The summed E-state index contributed by atoms with van der Waals surface area (Å²) in [6.45, 7) is 4.75. The number of carbonyl (C=O) groups excluding carboxylic acids is 1. The lowest BCUT2D eigenvalue weighted by molar-refractivity contribution is -0.129. The summed E-state index contributed by atoms with van der Waals surface area (Å²) < 4.78 is 5.15. The Hall–Kier alpha value is -0.910. The highest BCUT2D eigenvalue weighted by Crippen LogP contribution is 2.27. The van der Waals surface area contributed by atoms with Crippen molar-refractivity contribution in [1.82, 2.24) is 10.2 Å². The molecule has 2 unspecified atom stereocenters. The molecule has 22 heavy (non-hydrogen) atoms. The molecule has 1 heterocycles. The summed E-state index contributed by atoms with van der Waals surface area (Å²) in [4.78, 5) is 15.6. The van der Waals surface area contributed by atoms with E-state index in [-0.39, 0.29) is 23.6 Å². The third kappa shape index (κ3) is 5.07. The van der Waals surface area contributed by atoms with Crippen molar-refractivity contribution in [3.8, 4) is 5.75 Å². The van der Waals surface area contributed by atoms with Gasteiger partial charge in [0, 0.05) is 18.0 Å². The molecule has 1 fully saturated rings. The van der Waals surface area contributed by atoms with Crippen LogP contribution in [0.25, 0.3) is 0 Å². The molecule has 0 aromatic heterocycles. The molecule has 2 atom stereocenters. The van der Waals surface area contributed by atoms with Crippen LogP contribution >= 0.6 is 24.2 Å². The number of methoxy groups -OCH3 is 1. The standard InChI is InChI=1S/C16H24N2O2S.ClH/c1-12(21-15-6-4-14(20-3)5-7-15)16(19)18-9-8-13(11-18)10-17-2;/h4-7,12-13,17H,8-11H2,1-3H3;1H. The number of nitrogens with one attached hydrogen (secondary N) is 1. The Bertz CT molecular complexity index is 470. The molecule has 1 amide bonds. The van der Waals surface area contributed by atoms with Crippen molar-refractivity contribution in [2.24, 2.45) is 5.92 Å². The third-order valence-electron chi connectivity index (χ3n) is 3.81. The van der Waals surface area contributed by atoms with Gasteiger partial charge in [-0.05, 0) is 57.1 Å². The van der Waals surface area contributed by atoms with Crippen LogP contribution in [0.3, 0.4) is 0 Å². The quantitative estimate of drug-likeness (QED) is 0.806.